The van der Waals surface area contributed by atoms with Crippen LogP contribution in [-0.4, -0.2) is 70.1 Å². The summed E-state index contributed by atoms with van der Waals surface area (Å²) in [7, 11) is 0. The Bertz CT molecular complexity index is 1170. The fourth-order valence-electron chi connectivity index (χ4n) is 3.94. The molecule has 2 rings (SSSR count). The number of carbonyl (C=O) groups is 2. The number of nitrogens with zero attached hydrogens (tertiary/aromatic N) is 2. The zero-order valence-electron chi connectivity index (χ0n) is 23.1. The third-order valence-corrected chi connectivity index (χ3v) is 6.47. The maximum atomic E-state index is 12.6. The summed E-state index contributed by atoms with van der Waals surface area (Å²) in [5, 5.41) is 25.4. The van der Waals surface area contributed by atoms with Crippen molar-refractivity contribution in [2.24, 2.45) is 17.2 Å². The number of nitrogens with one attached hydrogen (secondary N) is 4. The van der Waals surface area contributed by atoms with Crippen molar-refractivity contribution in [1.29, 1.82) is 5.41 Å². The number of Topliss-reactive ketones (excluding diaryl/α,β-unsaturated/α-hetero) is 1. The molecule has 13 nitrogen and oxygen atoms in total. The summed E-state index contributed by atoms with van der Waals surface area (Å²) < 4.78 is 1.51. The summed E-state index contributed by atoms with van der Waals surface area (Å²) in [5.74, 6) is -0.642. The highest BCUT2D eigenvalue weighted by molar-refractivity contribution is 6.03. The highest BCUT2D eigenvalue weighted by atomic mass is 16.3. The van der Waals surface area contributed by atoms with E-state index in [4.69, 9.17) is 22.6 Å². The molecule has 11 N–H and O–H groups in total. The van der Waals surface area contributed by atoms with Gasteiger partial charge in [0.1, 0.15) is 5.82 Å². The second-order valence-corrected chi connectivity index (χ2v) is 10.0. The molecule has 1 heterocycles. The van der Waals surface area contributed by atoms with E-state index >= 15 is 0 Å². The van der Waals surface area contributed by atoms with Crippen LogP contribution in [0.25, 0.3) is 0 Å². The normalized spacial score (nSPS) is 13.3. The van der Waals surface area contributed by atoms with Crippen molar-refractivity contribution in [3.63, 3.8) is 0 Å². The third kappa shape index (κ3) is 11.2. The lowest BCUT2D eigenvalue weighted by Gasteiger charge is -2.19. The van der Waals surface area contributed by atoms with E-state index in [0.29, 0.717) is 30.8 Å². The number of aryl methyl sites for hydroxylation is 1. The zero-order chi connectivity index (χ0) is 29.5. The van der Waals surface area contributed by atoms with Gasteiger partial charge in [-0.05, 0) is 75.9 Å². The zero-order valence-corrected chi connectivity index (χ0v) is 23.1. The fraction of sp³-hybridized carbons (Fsp3) is 0.519. The van der Waals surface area contributed by atoms with Crippen molar-refractivity contribution in [3.8, 4) is 0 Å². The minimum Gasteiger partial charge on any atom is -0.394 e. The molecule has 0 saturated heterocycles. The minimum atomic E-state index is -1.32. The molecular weight excluding hydrogens is 514 g/mol. The van der Waals surface area contributed by atoms with Crippen molar-refractivity contribution in [2.75, 3.05) is 31.6 Å². The Kier molecular flexibility index (Phi) is 13.4. The number of carbonyl (C=O) groups excluding carboxylic acids is 2. The van der Waals surface area contributed by atoms with Crippen molar-refractivity contribution < 1.29 is 14.7 Å². The molecule has 1 amide bonds. The Morgan fingerprint density at radius 3 is 2.45 bits per heavy atom. The predicted molar refractivity (Wildman–Crippen MR) is 155 cm³/mol. The van der Waals surface area contributed by atoms with Crippen LogP contribution in [0, 0.1) is 5.41 Å². The van der Waals surface area contributed by atoms with Crippen molar-refractivity contribution in [1.82, 2.24) is 20.2 Å². The van der Waals surface area contributed by atoms with Crippen LogP contribution in [0.5, 0.6) is 0 Å². The molecule has 1 unspecified atom stereocenters. The molecule has 0 spiro atoms. The SMILES string of the molecule is CC(N)(CO)C(=O)Cc1ccc(C(=O)Nc2ccn(CCC[C@H](CCCNC(=N)N)NCCCN)c(=O)n2)cc1. The number of aliphatic hydroxyl groups excluding tert-OH is 1. The van der Waals surface area contributed by atoms with E-state index < -0.39 is 23.7 Å². The van der Waals surface area contributed by atoms with Gasteiger partial charge in [0.25, 0.3) is 5.91 Å². The maximum absolute atomic E-state index is 12.6. The number of amides is 1. The molecule has 0 bridgehead atoms. The Hall–Kier alpha value is -3.65. The van der Waals surface area contributed by atoms with E-state index in [2.05, 4.69) is 20.9 Å². The Morgan fingerprint density at radius 1 is 1.12 bits per heavy atom. The summed E-state index contributed by atoms with van der Waals surface area (Å²) in [6, 6.07) is 8.25. The Labute approximate surface area is 234 Å². The lowest BCUT2D eigenvalue weighted by atomic mass is 9.93. The Morgan fingerprint density at radius 2 is 1.82 bits per heavy atom. The molecule has 0 aliphatic carbocycles. The van der Waals surface area contributed by atoms with Gasteiger partial charge < -0.3 is 38.3 Å². The number of hydrogen-bond acceptors (Lipinski definition) is 9. The van der Waals surface area contributed by atoms with Crippen LogP contribution in [0.2, 0.25) is 0 Å². The first-order valence-corrected chi connectivity index (χ1v) is 13.5. The van der Waals surface area contributed by atoms with Crippen molar-refractivity contribution in [3.05, 3.63) is 58.1 Å². The van der Waals surface area contributed by atoms with Crippen LogP contribution in [0.15, 0.2) is 41.3 Å². The van der Waals surface area contributed by atoms with E-state index in [1.54, 1.807) is 36.5 Å². The lowest BCUT2D eigenvalue weighted by Crippen LogP contribution is -2.49. The lowest BCUT2D eigenvalue weighted by molar-refractivity contribution is -0.124. The van der Waals surface area contributed by atoms with Gasteiger partial charge in [-0.15, -0.1) is 0 Å². The average molecular weight is 558 g/mol. The van der Waals surface area contributed by atoms with E-state index in [-0.39, 0.29) is 30.0 Å². The van der Waals surface area contributed by atoms with Crippen LogP contribution >= 0.6 is 0 Å². The highest BCUT2D eigenvalue weighted by Crippen LogP contribution is 2.12. The number of nitrogens with two attached hydrogens (primary N) is 3. The summed E-state index contributed by atoms with van der Waals surface area (Å²) >= 11 is 0. The fourth-order valence-corrected chi connectivity index (χ4v) is 3.94. The molecule has 0 aliphatic rings. The second-order valence-electron chi connectivity index (χ2n) is 10.0. The number of aromatic nitrogens is 2. The number of hydrogen-bond donors (Lipinski definition) is 8. The summed E-state index contributed by atoms with van der Waals surface area (Å²) in [6.07, 6.45) is 5.88. The maximum Gasteiger partial charge on any atom is 0.349 e. The molecule has 0 aliphatic heterocycles. The van der Waals surface area contributed by atoms with Gasteiger partial charge >= 0.3 is 5.69 Å². The number of rotatable bonds is 18. The quantitative estimate of drug-likeness (QED) is 0.0676. The van der Waals surface area contributed by atoms with Gasteiger partial charge in [-0.2, -0.15) is 4.98 Å². The smallest absolute Gasteiger partial charge is 0.349 e. The van der Waals surface area contributed by atoms with Gasteiger partial charge in [0.2, 0.25) is 0 Å². The topological polar surface area (TPSA) is 227 Å². The van der Waals surface area contributed by atoms with E-state index in [1.165, 1.54) is 11.5 Å². The molecule has 13 heteroatoms. The number of ketones is 1. The average Bonchev–Trinajstić information content (AvgIpc) is 2.92. The van der Waals surface area contributed by atoms with E-state index in [0.717, 1.165) is 38.6 Å². The monoisotopic (exact) mass is 557 g/mol. The number of anilines is 1. The summed E-state index contributed by atoms with van der Waals surface area (Å²) in [5.41, 5.74) is 15.9. The van der Waals surface area contributed by atoms with E-state index in [1.807, 2.05) is 0 Å². The van der Waals surface area contributed by atoms with Crippen LogP contribution in [0.1, 0.15) is 54.9 Å². The molecule has 1 aromatic heterocycles. The van der Waals surface area contributed by atoms with Gasteiger partial charge in [-0.1, -0.05) is 12.1 Å². The molecule has 0 fully saturated rings. The number of benzene rings is 1. The van der Waals surface area contributed by atoms with Crippen LogP contribution in [0.3, 0.4) is 0 Å². The van der Waals surface area contributed by atoms with E-state index in [9.17, 15) is 19.5 Å². The molecule has 220 valence electrons. The van der Waals surface area contributed by atoms with Crippen LogP contribution < -0.4 is 38.8 Å². The highest BCUT2D eigenvalue weighted by Gasteiger charge is 2.27. The first kappa shape index (κ1) is 32.6. The first-order valence-electron chi connectivity index (χ1n) is 13.5. The summed E-state index contributed by atoms with van der Waals surface area (Å²) in [4.78, 5) is 41.4. The molecule has 2 aromatic rings. The largest absolute Gasteiger partial charge is 0.394 e. The molecule has 0 radical (unpaired) electrons. The van der Waals surface area contributed by atoms with Gasteiger partial charge in [0.15, 0.2) is 11.7 Å². The molecule has 1 aromatic carbocycles. The van der Waals surface area contributed by atoms with Gasteiger partial charge in [0.05, 0.1) is 12.1 Å². The second kappa shape index (κ2) is 16.5. The third-order valence-electron chi connectivity index (χ3n) is 6.47. The van der Waals surface area contributed by atoms with Gasteiger partial charge in [0, 0.05) is 37.3 Å². The van der Waals surface area contributed by atoms with Gasteiger partial charge in [-0.3, -0.25) is 19.6 Å². The molecular formula is C27H43N9O4. The van der Waals surface area contributed by atoms with Crippen molar-refractivity contribution >= 4 is 23.5 Å². The van der Waals surface area contributed by atoms with Crippen LogP contribution in [0.4, 0.5) is 5.82 Å². The summed E-state index contributed by atoms with van der Waals surface area (Å²) in [6.45, 7) is 3.56. The first-order chi connectivity index (χ1) is 19.1. The predicted octanol–water partition coefficient (Wildman–Crippen LogP) is -0.333. The molecule has 0 saturated carbocycles. The number of guanidine groups is 1. The van der Waals surface area contributed by atoms with Crippen molar-refractivity contribution in [2.45, 2.75) is 63.6 Å². The minimum absolute atomic E-state index is 0.0385. The van der Waals surface area contributed by atoms with Gasteiger partial charge in [-0.25, -0.2) is 4.79 Å². The Balaban J connectivity index is 1.89. The molecule has 2 atom stereocenters. The van der Waals surface area contributed by atoms with Crippen LogP contribution in [-0.2, 0) is 17.8 Å². The standard InChI is InChI=1S/C27H43N9O4/c1-27(31,18-37)22(38)17-19-7-9-20(10-8-19)24(39)34-23-11-16-36(26(40)35-23)15-3-6-21(32-14-4-12-28)5-2-13-33-25(29)30/h7-11,16,21,32,37H,2-6,12-15,17-18,28,31H2,1H3,(H4,29,30,33)(H,34,35,39,40)/t21-,27?/m0/s1. The molecule has 40 heavy (non-hydrogen) atoms. The number of aliphatic hydroxyl groups is 1.